The first-order chi connectivity index (χ1) is 9.86. The van der Waals surface area contributed by atoms with Crippen LogP contribution in [0, 0.1) is 11.9 Å². The normalized spacial score (nSPS) is 11.0. The average molecular weight is 297 g/mol. The molecule has 0 aliphatic rings. The molecule has 0 aliphatic heterocycles. The van der Waals surface area contributed by atoms with Gasteiger partial charge in [-0.3, -0.25) is 0 Å². The monoisotopic (exact) mass is 297 g/mol. The molecule has 21 heavy (non-hydrogen) atoms. The van der Waals surface area contributed by atoms with Crippen LogP contribution in [0.5, 0.6) is 0 Å². The van der Waals surface area contributed by atoms with Crippen molar-refractivity contribution in [3.8, 4) is 0 Å². The van der Waals surface area contributed by atoms with Gasteiger partial charge in [0.25, 0.3) is 0 Å². The number of hydrogen-bond acceptors (Lipinski definition) is 1. The van der Waals surface area contributed by atoms with Crippen LogP contribution >= 0.6 is 0 Å². The molecule has 7 heteroatoms. The number of hydrogen-bond donors (Lipinski definition) is 2. The number of carbonyl (C=O) groups is 1. The van der Waals surface area contributed by atoms with E-state index in [0.717, 1.165) is 0 Å². The molecule has 0 saturated carbocycles. The molecule has 2 rings (SSSR count). The van der Waals surface area contributed by atoms with Crippen molar-refractivity contribution in [1.29, 1.82) is 0 Å². The first kappa shape index (κ1) is 14.8. The zero-order valence-electron chi connectivity index (χ0n) is 10.5. The van der Waals surface area contributed by atoms with E-state index in [0.29, 0.717) is 23.9 Å². The summed E-state index contributed by atoms with van der Waals surface area (Å²) in [5.74, 6) is -0.959. The standard InChI is InChI=1S/C14H9F4N2O/c15-11-7-6-9(14(16,17)18)8-12(11)20-13(21)19-10-4-2-1-3-5-10/h2-8H,(H2,19,20,21). The SMILES string of the molecule is O=C(Nc1cc[c]cc1)Nc1cc(C(F)(F)F)ccc1F. The number of halogens is 4. The van der Waals surface area contributed by atoms with Crippen molar-refractivity contribution in [3.05, 3.63) is 59.9 Å². The smallest absolute Gasteiger partial charge is 0.308 e. The minimum atomic E-state index is -4.62. The van der Waals surface area contributed by atoms with E-state index in [1.807, 2.05) is 5.32 Å². The first-order valence-corrected chi connectivity index (χ1v) is 5.77. The lowest BCUT2D eigenvalue weighted by atomic mass is 10.2. The van der Waals surface area contributed by atoms with Crippen molar-refractivity contribution in [2.75, 3.05) is 10.6 Å². The van der Waals surface area contributed by atoms with Crippen LogP contribution in [-0.4, -0.2) is 6.03 Å². The third-order valence-corrected chi connectivity index (χ3v) is 2.52. The lowest BCUT2D eigenvalue weighted by Gasteiger charge is -2.11. The van der Waals surface area contributed by atoms with E-state index < -0.39 is 29.3 Å². The molecule has 0 aliphatic carbocycles. The molecule has 109 valence electrons. The quantitative estimate of drug-likeness (QED) is 0.798. The molecule has 0 heterocycles. The highest BCUT2D eigenvalue weighted by molar-refractivity contribution is 5.99. The number of nitrogens with one attached hydrogen (secondary N) is 2. The predicted octanol–water partition coefficient (Wildman–Crippen LogP) is 4.29. The van der Waals surface area contributed by atoms with E-state index in [4.69, 9.17) is 0 Å². The third-order valence-electron chi connectivity index (χ3n) is 2.52. The Morgan fingerprint density at radius 1 is 1.05 bits per heavy atom. The van der Waals surface area contributed by atoms with Crippen LogP contribution in [0.2, 0.25) is 0 Å². The van der Waals surface area contributed by atoms with E-state index in [1.54, 1.807) is 12.1 Å². The van der Waals surface area contributed by atoms with Gasteiger partial charge in [-0.15, -0.1) is 0 Å². The van der Waals surface area contributed by atoms with Gasteiger partial charge < -0.3 is 10.6 Å². The topological polar surface area (TPSA) is 41.1 Å². The fourth-order valence-corrected chi connectivity index (χ4v) is 1.55. The molecule has 3 nitrogen and oxygen atoms in total. The molecule has 1 radical (unpaired) electrons. The highest BCUT2D eigenvalue weighted by Gasteiger charge is 2.31. The second kappa shape index (κ2) is 5.82. The Hall–Kier alpha value is -2.57. The molecule has 0 atom stereocenters. The lowest BCUT2D eigenvalue weighted by Crippen LogP contribution is -2.20. The van der Waals surface area contributed by atoms with Gasteiger partial charge >= 0.3 is 12.2 Å². The first-order valence-electron chi connectivity index (χ1n) is 5.77. The van der Waals surface area contributed by atoms with Crippen molar-refractivity contribution >= 4 is 17.4 Å². The molecule has 0 bridgehead atoms. The van der Waals surface area contributed by atoms with Crippen LogP contribution in [0.4, 0.5) is 33.7 Å². The molecule has 0 fully saturated rings. The predicted molar refractivity (Wildman–Crippen MR) is 69.3 cm³/mol. The van der Waals surface area contributed by atoms with Gasteiger partial charge in [0, 0.05) is 5.69 Å². The number of urea groups is 1. The summed E-state index contributed by atoms with van der Waals surface area (Å²) in [6, 6.07) is 9.82. The Bertz CT molecular complexity index is 641. The minimum absolute atomic E-state index is 0.402. The van der Waals surface area contributed by atoms with Gasteiger partial charge in [-0.1, -0.05) is 12.1 Å². The Labute approximate surface area is 117 Å². The van der Waals surface area contributed by atoms with Crippen molar-refractivity contribution in [2.45, 2.75) is 6.18 Å². The van der Waals surface area contributed by atoms with E-state index in [1.165, 1.54) is 12.1 Å². The van der Waals surface area contributed by atoms with E-state index in [9.17, 15) is 22.4 Å². The van der Waals surface area contributed by atoms with E-state index in [2.05, 4.69) is 11.4 Å². The fraction of sp³-hybridized carbons (Fsp3) is 0.0714. The number of carbonyl (C=O) groups excluding carboxylic acids is 1. The van der Waals surface area contributed by atoms with Crippen LogP contribution in [0.1, 0.15) is 5.56 Å². The number of amides is 2. The molecular weight excluding hydrogens is 288 g/mol. The number of rotatable bonds is 2. The van der Waals surface area contributed by atoms with Gasteiger partial charge in [-0.25, -0.2) is 9.18 Å². The van der Waals surface area contributed by atoms with Crippen LogP contribution in [0.3, 0.4) is 0 Å². The van der Waals surface area contributed by atoms with Crippen molar-refractivity contribution in [2.24, 2.45) is 0 Å². The van der Waals surface area contributed by atoms with Crippen LogP contribution in [0.15, 0.2) is 42.5 Å². The van der Waals surface area contributed by atoms with E-state index >= 15 is 0 Å². The maximum absolute atomic E-state index is 13.4. The van der Waals surface area contributed by atoms with Crippen LogP contribution in [-0.2, 0) is 6.18 Å². The molecule has 0 saturated heterocycles. The number of anilines is 2. The summed E-state index contributed by atoms with van der Waals surface area (Å²) in [6.45, 7) is 0. The summed E-state index contributed by atoms with van der Waals surface area (Å²) >= 11 is 0. The summed E-state index contributed by atoms with van der Waals surface area (Å²) in [5, 5.41) is 4.39. The molecule has 2 N–H and O–H groups in total. The van der Waals surface area contributed by atoms with Crippen LogP contribution in [0.25, 0.3) is 0 Å². The second-order valence-corrected chi connectivity index (χ2v) is 4.06. The Kier molecular flexibility index (Phi) is 4.11. The van der Waals surface area contributed by atoms with Crippen molar-refractivity contribution < 1.29 is 22.4 Å². The zero-order valence-corrected chi connectivity index (χ0v) is 10.5. The number of benzene rings is 2. The van der Waals surface area contributed by atoms with Crippen LogP contribution < -0.4 is 10.6 Å². The maximum Gasteiger partial charge on any atom is 0.416 e. The summed E-state index contributed by atoms with van der Waals surface area (Å²) in [7, 11) is 0. The summed E-state index contributed by atoms with van der Waals surface area (Å²) in [5.41, 5.74) is -1.20. The summed E-state index contributed by atoms with van der Waals surface area (Å²) in [4.78, 5) is 11.6. The Balaban J connectivity index is 2.14. The van der Waals surface area contributed by atoms with Gasteiger partial charge in [-0.05, 0) is 36.4 Å². The molecular formula is C14H9F4N2O. The van der Waals surface area contributed by atoms with Gasteiger partial charge in [-0.2, -0.15) is 13.2 Å². The second-order valence-electron chi connectivity index (χ2n) is 4.06. The highest BCUT2D eigenvalue weighted by atomic mass is 19.4. The molecule has 2 amide bonds. The summed E-state index contributed by atoms with van der Waals surface area (Å²) < 4.78 is 51.0. The zero-order chi connectivity index (χ0) is 15.5. The highest BCUT2D eigenvalue weighted by Crippen LogP contribution is 2.31. The van der Waals surface area contributed by atoms with Gasteiger partial charge in [0.2, 0.25) is 0 Å². The number of alkyl halides is 3. The molecule has 0 spiro atoms. The average Bonchev–Trinajstić information content (AvgIpc) is 2.41. The van der Waals surface area contributed by atoms with Gasteiger partial charge in [0.1, 0.15) is 5.82 Å². The fourth-order valence-electron chi connectivity index (χ4n) is 1.55. The van der Waals surface area contributed by atoms with E-state index in [-0.39, 0.29) is 0 Å². The largest absolute Gasteiger partial charge is 0.416 e. The molecule has 2 aromatic carbocycles. The lowest BCUT2D eigenvalue weighted by molar-refractivity contribution is -0.137. The Morgan fingerprint density at radius 3 is 2.33 bits per heavy atom. The summed E-state index contributed by atoms with van der Waals surface area (Å²) in [6.07, 6.45) is -4.62. The van der Waals surface area contributed by atoms with Gasteiger partial charge in [0.05, 0.1) is 11.3 Å². The van der Waals surface area contributed by atoms with Gasteiger partial charge in [0.15, 0.2) is 0 Å². The maximum atomic E-state index is 13.4. The van der Waals surface area contributed by atoms with Crippen molar-refractivity contribution in [3.63, 3.8) is 0 Å². The molecule has 2 aromatic rings. The Morgan fingerprint density at radius 2 is 1.71 bits per heavy atom. The van der Waals surface area contributed by atoms with Crippen molar-refractivity contribution in [1.82, 2.24) is 0 Å². The molecule has 0 unspecified atom stereocenters. The minimum Gasteiger partial charge on any atom is -0.308 e. The third kappa shape index (κ3) is 3.95. The molecule has 0 aromatic heterocycles.